The van der Waals surface area contributed by atoms with Crippen LogP contribution in [0, 0.1) is 11.3 Å². The second kappa shape index (κ2) is 3.33. The molecule has 0 aliphatic rings. The van der Waals surface area contributed by atoms with Crippen LogP contribution >= 0.6 is 11.6 Å². The van der Waals surface area contributed by atoms with Crippen molar-refractivity contribution in [3.63, 3.8) is 0 Å². The molecule has 0 atom stereocenters. The molecule has 0 spiro atoms. The minimum absolute atomic E-state index is 0.0523. The van der Waals surface area contributed by atoms with Crippen molar-refractivity contribution in [3.05, 3.63) is 28.3 Å². The molecule has 4 nitrogen and oxygen atoms in total. The first-order chi connectivity index (χ1) is 6.07. The van der Waals surface area contributed by atoms with E-state index in [-0.39, 0.29) is 21.8 Å². The molecule has 0 saturated heterocycles. The van der Waals surface area contributed by atoms with Crippen LogP contribution in [-0.2, 0) is 0 Å². The van der Waals surface area contributed by atoms with E-state index in [1.54, 1.807) is 6.07 Å². The first-order valence-electron chi connectivity index (χ1n) is 3.29. The SMILES string of the molecule is N#Cc1ccc(N)c(C(=O)O)c1Cl. The summed E-state index contributed by atoms with van der Waals surface area (Å²) in [6.07, 6.45) is 0. The standard InChI is InChI=1S/C8H5ClN2O2/c9-7-4(3-10)1-2-5(11)6(7)8(12)13/h1-2H,11H2,(H,12,13). The van der Waals surface area contributed by atoms with E-state index < -0.39 is 5.97 Å². The Morgan fingerprint density at radius 1 is 1.62 bits per heavy atom. The van der Waals surface area contributed by atoms with E-state index in [0.29, 0.717) is 0 Å². The highest BCUT2D eigenvalue weighted by molar-refractivity contribution is 6.35. The van der Waals surface area contributed by atoms with Gasteiger partial charge in [0.05, 0.1) is 10.6 Å². The number of benzene rings is 1. The van der Waals surface area contributed by atoms with Gasteiger partial charge < -0.3 is 10.8 Å². The Bertz CT molecular complexity index is 409. The lowest BCUT2D eigenvalue weighted by Crippen LogP contribution is -2.04. The van der Waals surface area contributed by atoms with Crippen molar-refractivity contribution in [2.75, 3.05) is 5.73 Å². The van der Waals surface area contributed by atoms with Crippen molar-refractivity contribution in [1.29, 1.82) is 5.26 Å². The number of nitrogens with zero attached hydrogens (tertiary/aromatic N) is 1. The van der Waals surface area contributed by atoms with E-state index in [0.717, 1.165) is 0 Å². The van der Waals surface area contributed by atoms with Gasteiger partial charge >= 0.3 is 5.97 Å². The van der Waals surface area contributed by atoms with Gasteiger partial charge in [-0.25, -0.2) is 4.79 Å². The third kappa shape index (κ3) is 1.55. The summed E-state index contributed by atoms with van der Waals surface area (Å²) in [5.41, 5.74) is 5.31. The summed E-state index contributed by atoms with van der Waals surface area (Å²) in [4.78, 5) is 10.6. The average molecular weight is 197 g/mol. The van der Waals surface area contributed by atoms with Crippen LogP contribution in [0.4, 0.5) is 5.69 Å². The van der Waals surface area contributed by atoms with Gasteiger partial charge in [-0.3, -0.25) is 0 Å². The van der Waals surface area contributed by atoms with Gasteiger partial charge in [0.25, 0.3) is 0 Å². The topological polar surface area (TPSA) is 87.1 Å². The van der Waals surface area contributed by atoms with Gasteiger partial charge in [0.2, 0.25) is 0 Å². The van der Waals surface area contributed by atoms with Crippen molar-refractivity contribution in [3.8, 4) is 6.07 Å². The summed E-state index contributed by atoms with van der Waals surface area (Å²) in [5.74, 6) is -1.24. The molecule has 1 aromatic carbocycles. The summed E-state index contributed by atoms with van der Waals surface area (Å²) < 4.78 is 0. The van der Waals surface area contributed by atoms with E-state index in [4.69, 9.17) is 27.7 Å². The predicted octanol–water partition coefficient (Wildman–Crippen LogP) is 1.49. The average Bonchev–Trinajstić information content (AvgIpc) is 2.04. The van der Waals surface area contributed by atoms with Crippen molar-refractivity contribution in [1.82, 2.24) is 0 Å². The Morgan fingerprint density at radius 2 is 2.23 bits per heavy atom. The molecule has 0 unspecified atom stereocenters. The number of carboxylic acids is 1. The molecule has 0 heterocycles. The highest BCUT2D eigenvalue weighted by atomic mass is 35.5. The molecule has 0 bridgehead atoms. The molecule has 0 amide bonds. The predicted molar refractivity (Wildman–Crippen MR) is 47.5 cm³/mol. The summed E-state index contributed by atoms with van der Waals surface area (Å²) >= 11 is 5.63. The van der Waals surface area contributed by atoms with Gasteiger partial charge in [0, 0.05) is 5.69 Å². The second-order valence-corrected chi connectivity index (χ2v) is 2.69. The molecule has 1 rings (SSSR count). The van der Waals surface area contributed by atoms with Crippen LogP contribution < -0.4 is 5.73 Å². The second-order valence-electron chi connectivity index (χ2n) is 2.31. The number of hydrogen-bond acceptors (Lipinski definition) is 3. The van der Waals surface area contributed by atoms with E-state index in [1.165, 1.54) is 12.1 Å². The summed E-state index contributed by atoms with van der Waals surface area (Å²) in [6.45, 7) is 0. The maximum absolute atomic E-state index is 10.6. The van der Waals surface area contributed by atoms with E-state index in [1.807, 2.05) is 0 Å². The number of nitrogen functional groups attached to an aromatic ring is 1. The molecule has 0 aliphatic carbocycles. The molecule has 0 aromatic heterocycles. The lowest BCUT2D eigenvalue weighted by Gasteiger charge is -2.03. The number of aromatic carboxylic acids is 1. The number of anilines is 1. The smallest absolute Gasteiger partial charge is 0.339 e. The molecule has 3 N–H and O–H groups in total. The Hall–Kier alpha value is -1.73. The highest BCUT2D eigenvalue weighted by Crippen LogP contribution is 2.25. The van der Waals surface area contributed by atoms with E-state index >= 15 is 0 Å². The maximum Gasteiger partial charge on any atom is 0.339 e. The Labute approximate surface area is 79.2 Å². The fraction of sp³-hybridized carbons (Fsp3) is 0. The van der Waals surface area contributed by atoms with Gasteiger partial charge in [-0.1, -0.05) is 11.6 Å². The summed E-state index contributed by atoms with van der Waals surface area (Å²) in [7, 11) is 0. The molecule has 13 heavy (non-hydrogen) atoms. The van der Waals surface area contributed by atoms with Gasteiger partial charge in [-0.2, -0.15) is 5.26 Å². The Kier molecular flexibility index (Phi) is 2.40. The number of rotatable bonds is 1. The zero-order valence-electron chi connectivity index (χ0n) is 6.41. The number of carbonyl (C=O) groups is 1. The fourth-order valence-corrected chi connectivity index (χ4v) is 1.19. The fourth-order valence-electron chi connectivity index (χ4n) is 0.895. The first kappa shape index (κ1) is 9.36. The van der Waals surface area contributed by atoms with Crippen LogP contribution in [0.2, 0.25) is 5.02 Å². The normalized spacial score (nSPS) is 9.23. The van der Waals surface area contributed by atoms with Crippen molar-refractivity contribution in [2.45, 2.75) is 0 Å². The highest BCUT2D eigenvalue weighted by Gasteiger charge is 2.15. The minimum Gasteiger partial charge on any atom is -0.478 e. The van der Waals surface area contributed by atoms with Crippen LogP contribution in [-0.4, -0.2) is 11.1 Å². The van der Waals surface area contributed by atoms with Gasteiger partial charge in [-0.15, -0.1) is 0 Å². The summed E-state index contributed by atoms with van der Waals surface area (Å²) in [6, 6.07) is 4.49. The van der Waals surface area contributed by atoms with Crippen molar-refractivity contribution < 1.29 is 9.90 Å². The van der Waals surface area contributed by atoms with Crippen molar-refractivity contribution in [2.24, 2.45) is 0 Å². The molecule has 5 heteroatoms. The van der Waals surface area contributed by atoms with Crippen LogP contribution in [0.3, 0.4) is 0 Å². The van der Waals surface area contributed by atoms with E-state index in [2.05, 4.69) is 0 Å². The quantitative estimate of drug-likeness (QED) is 0.667. The zero-order valence-corrected chi connectivity index (χ0v) is 7.17. The van der Waals surface area contributed by atoms with Gasteiger partial charge in [0.1, 0.15) is 11.6 Å². The zero-order chi connectivity index (χ0) is 10.0. The Morgan fingerprint density at radius 3 is 2.69 bits per heavy atom. The lowest BCUT2D eigenvalue weighted by atomic mass is 10.1. The summed E-state index contributed by atoms with van der Waals surface area (Å²) in [5, 5.41) is 17.1. The van der Waals surface area contributed by atoms with Crippen LogP contribution in [0.25, 0.3) is 0 Å². The molecule has 1 aromatic rings. The minimum atomic E-state index is -1.24. The van der Waals surface area contributed by atoms with Crippen molar-refractivity contribution >= 4 is 23.3 Å². The first-order valence-corrected chi connectivity index (χ1v) is 3.67. The number of nitrogens with two attached hydrogens (primary N) is 1. The number of hydrogen-bond donors (Lipinski definition) is 2. The molecule has 0 saturated carbocycles. The molecule has 66 valence electrons. The Balaban J connectivity index is 3.50. The molecular formula is C8H5ClN2O2. The van der Waals surface area contributed by atoms with Crippen LogP contribution in [0.1, 0.15) is 15.9 Å². The number of halogens is 1. The maximum atomic E-state index is 10.6. The third-order valence-electron chi connectivity index (χ3n) is 1.51. The monoisotopic (exact) mass is 196 g/mol. The molecule has 0 radical (unpaired) electrons. The van der Waals surface area contributed by atoms with Gasteiger partial charge in [-0.05, 0) is 12.1 Å². The lowest BCUT2D eigenvalue weighted by molar-refractivity contribution is 0.0698. The molecular weight excluding hydrogens is 192 g/mol. The molecule has 0 fully saturated rings. The van der Waals surface area contributed by atoms with Gasteiger partial charge in [0.15, 0.2) is 0 Å². The van der Waals surface area contributed by atoms with Crippen LogP contribution in [0.5, 0.6) is 0 Å². The molecule has 0 aliphatic heterocycles. The largest absolute Gasteiger partial charge is 0.478 e. The van der Waals surface area contributed by atoms with E-state index in [9.17, 15) is 4.79 Å². The number of nitriles is 1. The van der Waals surface area contributed by atoms with Crippen LogP contribution in [0.15, 0.2) is 12.1 Å². The number of carboxylic acid groups (broad SMARTS) is 1. The third-order valence-corrected chi connectivity index (χ3v) is 1.90.